The highest BCUT2D eigenvalue weighted by Crippen LogP contribution is 2.44. The van der Waals surface area contributed by atoms with E-state index in [9.17, 15) is 54.0 Å². The van der Waals surface area contributed by atoms with Gasteiger partial charge in [0.25, 0.3) is 0 Å². The van der Waals surface area contributed by atoms with Gasteiger partial charge in [0.2, 0.25) is 0 Å². The summed E-state index contributed by atoms with van der Waals surface area (Å²) in [5.74, 6) is -8.19. The summed E-state index contributed by atoms with van der Waals surface area (Å²) in [5, 5.41) is 61.9. The zero-order valence-corrected chi connectivity index (χ0v) is 29.3. The van der Waals surface area contributed by atoms with Crippen molar-refractivity contribution in [1.29, 1.82) is 0 Å². The molecule has 19 heteroatoms. The van der Waals surface area contributed by atoms with Gasteiger partial charge in [0, 0.05) is 25.6 Å². The number of carboxylic acids is 6. The summed E-state index contributed by atoms with van der Waals surface area (Å²) in [6.45, 7) is -3.96. The first-order valence-electron chi connectivity index (χ1n) is 17.0. The number of fused-ring (bicyclic) bond motifs is 3. The molecule has 0 aromatic heterocycles. The van der Waals surface area contributed by atoms with E-state index in [4.69, 9.17) is 14.9 Å². The fraction of sp³-hybridized carbons (Fsp3) is 0.457. The topological polar surface area (TPSA) is 284 Å². The largest absolute Gasteiger partial charge is 0.480 e. The van der Waals surface area contributed by atoms with E-state index in [0.717, 1.165) is 32.1 Å². The van der Waals surface area contributed by atoms with Crippen molar-refractivity contribution in [3.63, 3.8) is 0 Å². The minimum Gasteiger partial charge on any atom is -0.480 e. The summed E-state index contributed by atoms with van der Waals surface area (Å²) in [6, 6.07) is 14.2. The molecule has 0 fully saturated rings. The Labute approximate surface area is 309 Å². The Kier molecular flexibility index (Phi) is 16.8. The van der Waals surface area contributed by atoms with Gasteiger partial charge in [0.15, 0.2) is 0 Å². The Hall–Kier alpha value is -5.63. The number of hydrogen-bond acceptors (Lipinski definition) is 12. The molecule has 294 valence electrons. The van der Waals surface area contributed by atoms with Crippen LogP contribution in [0.25, 0.3) is 11.1 Å². The molecule has 0 bridgehead atoms. The number of nitrogens with zero attached hydrogens (tertiary/aromatic N) is 3. The molecule has 8 N–H and O–H groups in total. The summed E-state index contributed by atoms with van der Waals surface area (Å²) >= 11 is 0. The predicted octanol–water partition coefficient (Wildman–Crippen LogP) is 0.393. The zero-order chi connectivity index (χ0) is 39.8. The maximum Gasteiger partial charge on any atom is 0.407 e. The zero-order valence-electron chi connectivity index (χ0n) is 29.3. The van der Waals surface area contributed by atoms with Gasteiger partial charge in [-0.1, -0.05) is 48.5 Å². The number of unbranched alkanes of at least 4 members (excludes halogenated alkanes) is 1. The summed E-state index contributed by atoms with van der Waals surface area (Å²) < 4.78 is 5.47. The van der Waals surface area contributed by atoms with Gasteiger partial charge >= 0.3 is 41.9 Å². The first-order valence-corrected chi connectivity index (χ1v) is 17.0. The highest BCUT2D eigenvalue weighted by molar-refractivity contribution is 5.81. The van der Waals surface area contributed by atoms with Crippen molar-refractivity contribution in [1.82, 2.24) is 25.3 Å². The minimum absolute atomic E-state index is 0.0171. The molecule has 0 saturated heterocycles. The molecule has 0 saturated carbocycles. The smallest absolute Gasteiger partial charge is 0.407 e. The van der Waals surface area contributed by atoms with Gasteiger partial charge < -0.3 is 46.0 Å². The van der Waals surface area contributed by atoms with Crippen molar-refractivity contribution in [2.24, 2.45) is 0 Å². The van der Waals surface area contributed by atoms with Gasteiger partial charge in [-0.15, -0.1) is 0 Å². The lowest BCUT2D eigenvalue weighted by Gasteiger charge is -2.34. The average Bonchev–Trinajstić information content (AvgIpc) is 3.40. The summed E-state index contributed by atoms with van der Waals surface area (Å²) in [4.78, 5) is 85.5. The Morgan fingerprint density at radius 3 is 1.63 bits per heavy atom. The Morgan fingerprint density at radius 2 is 1.13 bits per heavy atom. The molecule has 0 radical (unpaired) electrons. The van der Waals surface area contributed by atoms with Crippen LogP contribution in [0.15, 0.2) is 48.5 Å². The van der Waals surface area contributed by atoms with Crippen molar-refractivity contribution in [3.8, 4) is 11.1 Å². The molecule has 1 amide bonds. The van der Waals surface area contributed by atoms with Crippen molar-refractivity contribution in [3.05, 3.63) is 59.7 Å². The maximum absolute atomic E-state index is 12.7. The van der Waals surface area contributed by atoms with E-state index >= 15 is 0 Å². The van der Waals surface area contributed by atoms with Crippen LogP contribution in [-0.2, 0) is 33.5 Å². The molecule has 0 aliphatic heterocycles. The number of aliphatic carboxylic acids is 6. The molecule has 2 aromatic carbocycles. The first-order chi connectivity index (χ1) is 25.6. The second-order valence-electron chi connectivity index (χ2n) is 12.6. The third-order valence-corrected chi connectivity index (χ3v) is 8.59. The van der Waals surface area contributed by atoms with Gasteiger partial charge in [-0.05, 0) is 48.1 Å². The molecule has 1 unspecified atom stereocenters. The number of ether oxygens (including phenoxy) is 1. The van der Waals surface area contributed by atoms with Crippen LogP contribution >= 0.6 is 0 Å². The molecule has 0 heterocycles. The standard InChI is InChI=1S/C35H45N5O14/c41-29(42)16-38(13-14-39(17-30(43)44)18-31(45)46)15-28(40(19-32(47)48)20-33(49)50)36-12-6-5-11-27(34(51)52)37-35(53)54-21-26-24-9-3-1-7-22(24)23-8-2-4-10-25(23)26/h1-4,7-10,26-28,36H,5-6,11-21H2,(H,37,53)(H,41,42)(H,43,44)(H,45,46)(H,47,48)(H,49,50)(H,51,52)/t27-,28?/m0/s1. The van der Waals surface area contributed by atoms with Gasteiger partial charge in [-0.2, -0.15) is 0 Å². The van der Waals surface area contributed by atoms with Crippen LogP contribution in [0.2, 0.25) is 0 Å². The van der Waals surface area contributed by atoms with Gasteiger partial charge in [-0.3, -0.25) is 38.7 Å². The van der Waals surface area contributed by atoms with E-state index in [-0.39, 0.29) is 58.0 Å². The van der Waals surface area contributed by atoms with E-state index in [2.05, 4.69) is 10.6 Å². The van der Waals surface area contributed by atoms with Crippen LogP contribution in [-0.4, -0.2) is 165 Å². The van der Waals surface area contributed by atoms with Gasteiger partial charge in [0.1, 0.15) is 12.6 Å². The Bertz CT molecular complexity index is 1580. The summed E-state index contributed by atoms with van der Waals surface area (Å²) in [5.41, 5.74) is 4.04. The Balaban J connectivity index is 1.60. The van der Waals surface area contributed by atoms with Gasteiger partial charge in [0.05, 0.1) is 38.9 Å². The van der Waals surface area contributed by atoms with Crippen LogP contribution in [0.3, 0.4) is 0 Å². The van der Waals surface area contributed by atoms with Gasteiger partial charge in [-0.25, -0.2) is 9.59 Å². The van der Waals surface area contributed by atoms with E-state index in [1.165, 1.54) is 4.90 Å². The number of amides is 1. The molecular weight excluding hydrogens is 714 g/mol. The summed E-state index contributed by atoms with van der Waals surface area (Å²) in [6.07, 6.45) is -1.50. The molecule has 3 rings (SSSR count). The average molecular weight is 760 g/mol. The van der Waals surface area contributed by atoms with E-state index in [1.807, 2.05) is 48.5 Å². The van der Waals surface area contributed by atoms with E-state index in [0.29, 0.717) is 0 Å². The van der Waals surface area contributed by atoms with Crippen molar-refractivity contribution >= 4 is 41.9 Å². The van der Waals surface area contributed by atoms with Crippen LogP contribution in [0, 0.1) is 0 Å². The molecule has 19 nitrogen and oxygen atoms in total. The molecule has 1 aliphatic rings. The van der Waals surface area contributed by atoms with E-state index in [1.54, 1.807) is 0 Å². The molecule has 1 aliphatic carbocycles. The molecule has 0 spiro atoms. The lowest BCUT2D eigenvalue weighted by atomic mass is 9.98. The number of alkyl carbamates (subject to hydrolysis) is 1. The number of carboxylic acid groups (broad SMARTS) is 6. The van der Waals surface area contributed by atoms with Crippen LogP contribution in [0.1, 0.15) is 36.3 Å². The SMILES string of the molecule is O=C(O)CN(CCN(CC(=O)O)CC(NCCCC[C@H](NC(=O)OCC1c2ccccc2-c2ccccc21)C(=O)O)N(CC(=O)O)CC(=O)O)CC(=O)O. The third-order valence-electron chi connectivity index (χ3n) is 8.59. The van der Waals surface area contributed by atoms with Crippen molar-refractivity contribution in [2.75, 3.05) is 65.5 Å². The summed E-state index contributed by atoms with van der Waals surface area (Å²) in [7, 11) is 0. The molecule has 54 heavy (non-hydrogen) atoms. The normalized spacial score (nSPS) is 13.2. The fourth-order valence-electron chi connectivity index (χ4n) is 6.26. The number of nitrogens with one attached hydrogen (secondary N) is 2. The highest BCUT2D eigenvalue weighted by Gasteiger charge is 2.30. The van der Waals surface area contributed by atoms with E-state index < -0.39 is 86.8 Å². The minimum atomic E-state index is -1.37. The Morgan fingerprint density at radius 1 is 0.648 bits per heavy atom. The molecule has 2 atom stereocenters. The fourth-order valence-corrected chi connectivity index (χ4v) is 6.26. The van der Waals surface area contributed by atoms with Crippen LogP contribution in [0.4, 0.5) is 4.79 Å². The van der Waals surface area contributed by atoms with Crippen LogP contribution in [0.5, 0.6) is 0 Å². The number of carbonyl (C=O) groups excluding carboxylic acids is 1. The monoisotopic (exact) mass is 759 g/mol. The second-order valence-corrected chi connectivity index (χ2v) is 12.6. The number of carbonyl (C=O) groups is 7. The second kappa shape index (κ2) is 21.2. The van der Waals surface area contributed by atoms with Crippen LogP contribution < -0.4 is 10.6 Å². The van der Waals surface area contributed by atoms with Crippen molar-refractivity contribution in [2.45, 2.75) is 37.4 Å². The maximum atomic E-state index is 12.7. The number of rotatable bonds is 26. The molecular formula is C35H45N5O14. The predicted molar refractivity (Wildman–Crippen MR) is 188 cm³/mol. The number of hydrogen-bond donors (Lipinski definition) is 8. The highest BCUT2D eigenvalue weighted by atomic mass is 16.5. The number of benzene rings is 2. The third kappa shape index (κ3) is 14.1. The quantitative estimate of drug-likeness (QED) is 0.0476. The van der Waals surface area contributed by atoms with Crippen molar-refractivity contribution < 1.29 is 68.9 Å². The lowest BCUT2D eigenvalue weighted by Crippen LogP contribution is -2.56. The molecule has 2 aromatic rings. The first kappa shape index (κ1) is 42.8. The lowest BCUT2D eigenvalue weighted by molar-refractivity contribution is -0.145.